The van der Waals surface area contributed by atoms with E-state index in [0.717, 1.165) is 49.4 Å². The van der Waals surface area contributed by atoms with Crippen LogP contribution in [0, 0.1) is 29.6 Å². The van der Waals surface area contributed by atoms with Crippen LogP contribution in [-0.4, -0.2) is 12.1 Å². The molecule has 1 aromatic carbocycles. The minimum Gasteiger partial charge on any atom is -0.462 e. The standard InChI is InChI=1S/C31H48O2/c1-3-7-24-12-20-30(21-13-24)33-31(32)29-18-16-28(17-19-29)27-14-10-25(11-15-27)22-23(2)26-8-5-4-6-9-26/h4-6,8-9,23-25,27-30H,3,7,10-22H2,1-2H3/t23-,24?,25?,27?,28?,29?,30?/m1/s1. The first-order valence-corrected chi connectivity index (χ1v) is 14.4. The largest absolute Gasteiger partial charge is 0.462 e. The van der Waals surface area contributed by atoms with Gasteiger partial charge in [-0.25, -0.2) is 0 Å². The van der Waals surface area contributed by atoms with E-state index < -0.39 is 0 Å². The highest BCUT2D eigenvalue weighted by atomic mass is 16.5. The summed E-state index contributed by atoms with van der Waals surface area (Å²) in [5.41, 5.74) is 1.50. The van der Waals surface area contributed by atoms with Crippen molar-refractivity contribution in [3.63, 3.8) is 0 Å². The van der Waals surface area contributed by atoms with Crippen molar-refractivity contribution in [2.24, 2.45) is 29.6 Å². The quantitative estimate of drug-likeness (QED) is 0.369. The van der Waals surface area contributed by atoms with Crippen molar-refractivity contribution in [3.05, 3.63) is 35.9 Å². The van der Waals surface area contributed by atoms with Crippen molar-refractivity contribution in [2.75, 3.05) is 0 Å². The Kier molecular flexibility index (Phi) is 9.33. The number of carbonyl (C=O) groups excluding carboxylic acids is 1. The average molecular weight is 453 g/mol. The molecule has 0 spiro atoms. The lowest BCUT2D eigenvalue weighted by molar-refractivity contribution is -0.157. The second kappa shape index (κ2) is 12.4. The van der Waals surface area contributed by atoms with E-state index in [2.05, 4.69) is 44.2 Å². The van der Waals surface area contributed by atoms with Crippen molar-refractivity contribution in [1.82, 2.24) is 0 Å². The monoisotopic (exact) mass is 452 g/mol. The molecule has 1 aromatic rings. The van der Waals surface area contributed by atoms with Crippen LogP contribution in [0.3, 0.4) is 0 Å². The molecule has 1 atom stereocenters. The number of hydrogen-bond donors (Lipinski definition) is 0. The molecule has 3 aliphatic carbocycles. The molecule has 3 aliphatic rings. The number of benzene rings is 1. The molecule has 0 saturated heterocycles. The maximum atomic E-state index is 12.8. The highest BCUT2D eigenvalue weighted by Crippen LogP contribution is 2.43. The molecule has 184 valence electrons. The van der Waals surface area contributed by atoms with E-state index in [-0.39, 0.29) is 18.0 Å². The van der Waals surface area contributed by atoms with E-state index in [0.29, 0.717) is 5.92 Å². The number of ether oxygens (including phenoxy) is 1. The fourth-order valence-corrected chi connectivity index (χ4v) is 7.35. The van der Waals surface area contributed by atoms with Crippen molar-refractivity contribution in [1.29, 1.82) is 0 Å². The predicted molar refractivity (Wildman–Crippen MR) is 137 cm³/mol. The summed E-state index contributed by atoms with van der Waals surface area (Å²) in [6, 6.07) is 11.0. The lowest BCUT2D eigenvalue weighted by atomic mass is 9.68. The Morgan fingerprint density at radius 1 is 0.818 bits per heavy atom. The summed E-state index contributed by atoms with van der Waals surface area (Å²) in [6.07, 6.45) is 19.1. The van der Waals surface area contributed by atoms with E-state index in [4.69, 9.17) is 4.74 Å². The lowest BCUT2D eigenvalue weighted by Gasteiger charge is -2.38. The first kappa shape index (κ1) is 24.8. The van der Waals surface area contributed by atoms with Gasteiger partial charge >= 0.3 is 5.97 Å². The molecule has 33 heavy (non-hydrogen) atoms. The van der Waals surface area contributed by atoms with Gasteiger partial charge in [-0.1, -0.05) is 69.9 Å². The Morgan fingerprint density at radius 3 is 2.00 bits per heavy atom. The number of hydrogen-bond acceptors (Lipinski definition) is 2. The Morgan fingerprint density at radius 2 is 1.39 bits per heavy atom. The van der Waals surface area contributed by atoms with Gasteiger partial charge in [0.05, 0.1) is 5.92 Å². The van der Waals surface area contributed by atoms with Gasteiger partial charge in [-0.15, -0.1) is 0 Å². The number of rotatable bonds is 8. The minimum atomic E-state index is 0.131. The molecule has 0 aliphatic heterocycles. The van der Waals surface area contributed by atoms with Gasteiger partial charge in [0.25, 0.3) is 0 Å². The van der Waals surface area contributed by atoms with Crippen LogP contribution >= 0.6 is 0 Å². The highest BCUT2D eigenvalue weighted by Gasteiger charge is 2.35. The first-order chi connectivity index (χ1) is 16.1. The third kappa shape index (κ3) is 7.09. The minimum absolute atomic E-state index is 0.131. The molecule has 0 N–H and O–H groups in total. The van der Waals surface area contributed by atoms with E-state index >= 15 is 0 Å². The van der Waals surface area contributed by atoms with Crippen LogP contribution in [0.15, 0.2) is 30.3 Å². The zero-order valence-corrected chi connectivity index (χ0v) is 21.4. The molecule has 3 saturated carbocycles. The molecule has 0 aromatic heterocycles. The lowest BCUT2D eigenvalue weighted by Crippen LogP contribution is -2.32. The molecule has 4 rings (SSSR count). The Labute approximate surface area is 203 Å². The van der Waals surface area contributed by atoms with Gasteiger partial charge < -0.3 is 4.74 Å². The van der Waals surface area contributed by atoms with Crippen molar-refractivity contribution >= 4 is 5.97 Å². The van der Waals surface area contributed by atoms with Crippen LogP contribution in [0.5, 0.6) is 0 Å². The van der Waals surface area contributed by atoms with Gasteiger partial charge in [-0.2, -0.15) is 0 Å². The van der Waals surface area contributed by atoms with Gasteiger partial charge in [0.2, 0.25) is 0 Å². The fraction of sp³-hybridized carbons (Fsp3) is 0.774. The summed E-state index contributed by atoms with van der Waals surface area (Å²) >= 11 is 0. The van der Waals surface area contributed by atoms with E-state index in [9.17, 15) is 4.79 Å². The molecule has 0 unspecified atom stereocenters. The molecule has 0 heterocycles. The third-order valence-electron chi connectivity index (χ3n) is 9.49. The highest BCUT2D eigenvalue weighted by molar-refractivity contribution is 5.72. The smallest absolute Gasteiger partial charge is 0.309 e. The van der Waals surface area contributed by atoms with E-state index in [1.807, 2.05) is 0 Å². The fourth-order valence-electron chi connectivity index (χ4n) is 7.35. The molecular formula is C31H48O2. The Balaban J connectivity index is 1.13. The summed E-state index contributed by atoms with van der Waals surface area (Å²) in [4.78, 5) is 12.8. The van der Waals surface area contributed by atoms with Crippen molar-refractivity contribution in [3.8, 4) is 0 Å². The maximum Gasteiger partial charge on any atom is 0.309 e. The normalized spacial score (nSPS) is 33.9. The zero-order chi connectivity index (χ0) is 23.0. The van der Waals surface area contributed by atoms with E-state index in [1.165, 1.54) is 76.2 Å². The van der Waals surface area contributed by atoms with Crippen LogP contribution in [0.4, 0.5) is 0 Å². The second-order valence-electron chi connectivity index (χ2n) is 11.8. The van der Waals surface area contributed by atoms with Crippen LogP contribution in [0.1, 0.15) is 122 Å². The topological polar surface area (TPSA) is 26.3 Å². The van der Waals surface area contributed by atoms with Crippen molar-refractivity contribution < 1.29 is 9.53 Å². The third-order valence-corrected chi connectivity index (χ3v) is 9.49. The molecular weight excluding hydrogens is 404 g/mol. The molecule has 0 radical (unpaired) electrons. The Bertz CT molecular complexity index is 689. The van der Waals surface area contributed by atoms with E-state index in [1.54, 1.807) is 0 Å². The zero-order valence-electron chi connectivity index (χ0n) is 21.4. The van der Waals surface area contributed by atoms with Crippen LogP contribution in [0.2, 0.25) is 0 Å². The summed E-state index contributed by atoms with van der Waals surface area (Å²) in [6.45, 7) is 4.68. The van der Waals surface area contributed by atoms with Crippen LogP contribution in [-0.2, 0) is 9.53 Å². The molecule has 0 amide bonds. The average Bonchev–Trinajstić information content (AvgIpc) is 2.86. The first-order valence-electron chi connectivity index (χ1n) is 14.4. The summed E-state index contributed by atoms with van der Waals surface area (Å²) in [7, 11) is 0. The summed E-state index contributed by atoms with van der Waals surface area (Å²) < 4.78 is 5.99. The number of carbonyl (C=O) groups is 1. The molecule has 3 fully saturated rings. The molecule has 2 heteroatoms. The number of esters is 1. The predicted octanol–water partition coefficient (Wildman–Crippen LogP) is 8.70. The maximum absolute atomic E-state index is 12.8. The van der Waals surface area contributed by atoms with Gasteiger partial charge in [-0.05, 0) is 106 Å². The van der Waals surface area contributed by atoms with Crippen LogP contribution in [0.25, 0.3) is 0 Å². The van der Waals surface area contributed by atoms with Gasteiger partial charge in [0.15, 0.2) is 0 Å². The summed E-state index contributed by atoms with van der Waals surface area (Å²) in [5, 5.41) is 0. The summed E-state index contributed by atoms with van der Waals surface area (Å²) in [5.74, 6) is 4.51. The molecule has 0 bridgehead atoms. The Hall–Kier alpha value is -1.31. The SMILES string of the molecule is CCCC1CCC(OC(=O)C2CCC(C3CCC(C[C@@H](C)c4ccccc4)CC3)CC2)CC1. The molecule has 2 nitrogen and oxygen atoms in total. The van der Waals surface area contributed by atoms with Crippen LogP contribution < -0.4 is 0 Å². The van der Waals surface area contributed by atoms with Gasteiger partial charge in [0, 0.05) is 0 Å². The second-order valence-corrected chi connectivity index (χ2v) is 11.8. The van der Waals surface area contributed by atoms with Gasteiger partial charge in [-0.3, -0.25) is 4.79 Å². The van der Waals surface area contributed by atoms with Crippen molar-refractivity contribution in [2.45, 2.75) is 122 Å². The van der Waals surface area contributed by atoms with Gasteiger partial charge in [0.1, 0.15) is 6.10 Å².